The van der Waals surface area contributed by atoms with Gasteiger partial charge in [0.1, 0.15) is 0 Å². The van der Waals surface area contributed by atoms with Gasteiger partial charge in [-0.25, -0.2) is 0 Å². The zero-order chi connectivity index (χ0) is 17.9. The maximum Gasteiger partial charge on any atom is 0.247 e. The lowest BCUT2D eigenvalue weighted by Crippen LogP contribution is -2.37. The molecule has 0 bridgehead atoms. The Labute approximate surface area is 168 Å². The fourth-order valence-electron chi connectivity index (χ4n) is 2.97. The van der Waals surface area contributed by atoms with E-state index in [4.69, 9.17) is 9.15 Å². The van der Waals surface area contributed by atoms with Gasteiger partial charge >= 0.3 is 0 Å². The number of hydrogen-bond donors (Lipinski definition) is 0. The number of rotatable bonds is 4. The number of hydrogen-bond acceptors (Lipinski definition) is 5. The van der Waals surface area contributed by atoms with Gasteiger partial charge in [-0.15, -0.1) is 10.2 Å². The Hall–Kier alpha value is -1.54. The van der Waals surface area contributed by atoms with Crippen molar-refractivity contribution in [2.45, 2.75) is 12.6 Å². The largest absolute Gasteiger partial charge is 0.419 e. The third-order valence-corrected chi connectivity index (χ3v) is 5.31. The van der Waals surface area contributed by atoms with Gasteiger partial charge < -0.3 is 9.15 Å². The van der Waals surface area contributed by atoms with Crippen molar-refractivity contribution in [1.82, 2.24) is 15.1 Å². The standard InChI is InChI=1S/C19H17Br2N3O2/c20-15-6-4-13(5-7-15)19-23-22-18(26-19)12-24-8-9-25-17(11-24)14-2-1-3-16(21)10-14/h1-7,10,17H,8-9,11-12H2. The van der Waals surface area contributed by atoms with Gasteiger partial charge in [-0.3, -0.25) is 4.90 Å². The average Bonchev–Trinajstić information content (AvgIpc) is 3.11. The van der Waals surface area contributed by atoms with E-state index >= 15 is 0 Å². The maximum atomic E-state index is 5.94. The zero-order valence-corrected chi connectivity index (χ0v) is 17.1. The second-order valence-electron chi connectivity index (χ2n) is 6.16. The fraction of sp³-hybridized carbons (Fsp3) is 0.263. The Morgan fingerprint density at radius 3 is 2.69 bits per heavy atom. The normalized spacial score (nSPS) is 18.2. The summed E-state index contributed by atoms with van der Waals surface area (Å²) in [5, 5.41) is 8.38. The molecule has 1 saturated heterocycles. The molecule has 3 aromatic rings. The van der Waals surface area contributed by atoms with E-state index in [2.05, 4.69) is 59.1 Å². The van der Waals surface area contributed by atoms with Crippen LogP contribution in [-0.2, 0) is 11.3 Å². The van der Waals surface area contributed by atoms with Crippen LogP contribution in [0.4, 0.5) is 0 Å². The van der Waals surface area contributed by atoms with Gasteiger partial charge in [-0.05, 0) is 42.0 Å². The number of halogens is 2. The van der Waals surface area contributed by atoms with E-state index in [0.717, 1.165) is 27.6 Å². The van der Waals surface area contributed by atoms with Crippen LogP contribution in [0.5, 0.6) is 0 Å². The summed E-state index contributed by atoms with van der Waals surface area (Å²) in [6, 6.07) is 16.1. The summed E-state index contributed by atoms with van der Waals surface area (Å²) in [6.45, 7) is 2.95. The molecule has 2 heterocycles. The minimum atomic E-state index is 0.0510. The van der Waals surface area contributed by atoms with Gasteiger partial charge in [0.25, 0.3) is 0 Å². The second-order valence-corrected chi connectivity index (χ2v) is 7.99. The maximum absolute atomic E-state index is 5.94. The van der Waals surface area contributed by atoms with Crippen LogP contribution in [0.15, 0.2) is 61.9 Å². The van der Waals surface area contributed by atoms with Crippen molar-refractivity contribution >= 4 is 31.9 Å². The fourth-order valence-corrected chi connectivity index (χ4v) is 3.65. The molecule has 1 fully saturated rings. The molecular formula is C19H17Br2N3O2. The molecule has 134 valence electrons. The molecule has 1 unspecified atom stereocenters. The molecule has 0 spiro atoms. The Kier molecular flexibility index (Phi) is 5.49. The topological polar surface area (TPSA) is 51.4 Å². The van der Waals surface area contributed by atoms with Crippen LogP contribution in [-0.4, -0.2) is 34.8 Å². The molecule has 0 aliphatic carbocycles. The molecule has 0 N–H and O–H groups in total. The zero-order valence-electron chi connectivity index (χ0n) is 13.9. The highest BCUT2D eigenvalue weighted by atomic mass is 79.9. The monoisotopic (exact) mass is 477 g/mol. The number of benzene rings is 2. The summed E-state index contributed by atoms with van der Waals surface area (Å²) in [5.74, 6) is 1.17. The van der Waals surface area contributed by atoms with Gasteiger partial charge in [-0.2, -0.15) is 0 Å². The molecule has 1 aromatic heterocycles. The smallest absolute Gasteiger partial charge is 0.247 e. The van der Waals surface area contributed by atoms with Crippen LogP contribution in [0, 0.1) is 0 Å². The Morgan fingerprint density at radius 1 is 1.04 bits per heavy atom. The summed E-state index contributed by atoms with van der Waals surface area (Å²) in [7, 11) is 0. The van der Waals surface area contributed by atoms with Crippen molar-refractivity contribution in [3.8, 4) is 11.5 Å². The van der Waals surface area contributed by atoms with Crippen molar-refractivity contribution in [2.75, 3.05) is 19.7 Å². The molecule has 2 aromatic carbocycles. The van der Waals surface area contributed by atoms with Crippen LogP contribution in [0.3, 0.4) is 0 Å². The first kappa shape index (κ1) is 17.9. The molecule has 1 atom stereocenters. The van der Waals surface area contributed by atoms with E-state index in [1.165, 1.54) is 5.56 Å². The van der Waals surface area contributed by atoms with Crippen molar-refractivity contribution in [1.29, 1.82) is 0 Å². The second kappa shape index (κ2) is 8.00. The molecule has 26 heavy (non-hydrogen) atoms. The Bertz CT molecular complexity index is 883. The first-order valence-corrected chi connectivity index (χ1v) is 9.94. The van der Waals surface area contributed by atoms with E-state index in [1.807, 2.05) is 36.4 Å². The lowest BCUT2D eigenvalue weighted by molar-refractivity contribution is -0.0351. The minimum Gasteiger partial charge on any atom is -0.419 e. The van der Waals surface area contributed by atoms with Crippen molar-refractivity contribution in [2.24, 2.45) is 0 Å². The van der Waals surface area contributed by atoms with E-state index in [-0.39, 0.29) is 6.10 Å². The Morgan fingerprint density at radius 2 is 1.88 bits per heavy atom. The quantitative estimate of drug-likeness (QED) is 0.537. The average molecular weight is 479 g/mol. The highest BCUT2D eigenvalue weighted by molar-refractivity contribution is 9.10. The van der Waals surface area contributed by atoms with Gasteiger partial charge in [-0.1, -0.05) is 44.0 Å². The summed E-state index contributed by atoms with van der Waals surface area (Å²) in [5.41, 5.74) is 2.09. The third-order valence-electron chi connectivity index (χ3n) is 4.29. The van der Waals surface area contributed by atoms with Crippen LogP contribution in [0.25, 0.3) is 11.5 Å². The molecule has 0 radical (unpaired) electrons. The molecule has 5 nitrogen and oxygen atoms in total. The lowest BCUT2D eigenvalue weighted by atomic mass is 10.1. The molecule has 4 rings (SSSR count). The van der Waals surface area contributed by atoms with Crippen LogP contribution < -0.4 is 0 Å². The highest BCUT2D eigenvalue weighted by Gasteiger charge is 2.23. The number of aromatic nitrogens is 2. The van der Waals surface area contributed by atoms with Gasteiger partial charge in [0, 0.05) is 27.6 Å². The van der Waals surface area contributed by atoms with Gasteiger partial charge in [0.15, 0.2) is 0 Å². The summed E-state index contributed by atoms with van der Waals surface area (Å²) in [4.78, 5) is 2.29. The van der Waals surface area contributed by atoms with Crippen LogP contribution in [0.1, 0.15) is 17.6 Å². The van der Waals surface area contributed by atoms with E-state index in [1.54, 1.807) is 0 Å². The molecule has 0 amide bonds. The number of ether oxygens (including phenoxy) is 1. The van der Waals surface area contributed by atoms with E-state index in [9.17, 15) is 0 Å². The predicted molar refractivity (Wildman–Crippen MR) is 106 cm³/mol. The van der Waals surface area contributed by atoms with Gasteiger partial charge in [0.2, 0.25) is 11.8 Å². The van der Waals surface area contributed by atoms with Gasteiger partial charge in [0.05, 0.1) is 19.3 Å². The van der Waals surface area contributed by atoms with E-state index in [0.29, 0.717) is 24.9 Å². The van der Waals surface area contributed by atoms with Crippen molar-refractivity contribution < 1.29 is 9.15 Å². The molecule has 1 aliphatic rings. The summed E-state index contributed by atoms with van der Waals surface area (Å²) in [6.07, 6.45) is 0.0510. The first-order chi connectivity index (χ1) is 12.7. The van der Waals surface area contributed by atoms with Crippen molar-refractivity contribution in [3.05, 3.63) is 68.9 Å². The SMILES string of the molecule is Brc1ccc(-c2nnc(CN3CCOC(c4cccc(Br)c4)C3)o2)cc1. The van der Waals surface area contributed by atoms with Crippen LogP contribution >= 0.6 is 31.9 Å². The van der Waals surface area contributed by atoms with Crippen molar-refractivity contribution in [3.63, 3.8) is 0 Å². The highest BCUT2D eigenvalue weighted by Crippen LogP contribution is 2.26. The summed E-state index contributed by atoms with van der Waals surface area (Å²) < 4.78 is 13.9. The third kappa shape index (κ3) is 4.23. The van der Waals surface area contributed by atoms with Crippen LogP contribution in [0.2, 0.25) is 0 Å². The number of nitrogens with zero attached hydrogens (tertiary/aromatic N) is 3. The molecule has 7 heteroatoms. The molecule has 1 aliphatic heterocycles. The number of morpholine rings is 1. The Balaban J connectivity index is 1.43. The van der Waals surface area contributed by atoms with E-state index < -0.39 is 0 Å². The lowest BCUT2D eigenvalue weighted by Gasteiger charge is -2.32. The summed E-state index contributed by atoms with van der Waals surface area (Å²) >= 11 is 6.95. The molecule has 0 saturated carbocycles. The first-order valence-electron chi connectivity index (χ1n) is 8.35. The minimum absolute atomic E-state index is 0.0510. The molecular weight excluding hydrogens is 462 g/mol. The predicted octanol–water partition coefficient (Wildman–Crippen LogP) is 4.84.